The van der Waals surface area contributed by atoms with Crippen molar-refractivity contribution in [1.82, 2.24) is 19.9 Å². The third-order valence-corrected chi connectivity index (χ3v) is 4.82. The molecule has 1 aliphatic heterocycles. The molecule has 0 atom stereocenters. The summed E-state index contributed by atoms with van der Waals surface area (Å²) in [4.78, 5) is 16.5. The van der Waals surface area contributed by atoms with Gasteiger partial charge in [-0.05, 0) is 36.8 Å². The molecule has 0 saturated carbocycles. The van der Waals surface area contributed by atoms with Gasteiger partial charge in [0, 0.05) is 23.5 Å². The quantitative estimate of drug-likeness (QED) is 0.452. The highest BCUT2D eigenvalue weighted by Gasteiger charge is 2.26. The fraction of sp³-hybridized carbons (Fsp3) is 0.0476. The smallest absolute Gasteiger partial charge is 0.142 e. The van der Waals surface area contributed by atoms with E-state index < -0.39 is 5.82 Å². The van der Waals surface area contributed by atoms with Crippen LogP contribution in [0, 0.1) is 24.1 Å². The molecule has 28 heavy (non-hydrogen) atoms. The van der Waals surface area contributed by atoms with Crippen molar-refractivity contribution in [2.45, 2.75) is 6.92 Å². The van der Waals surface area contributed by atoms with E-state index in [-0.39, 0.29) is 11.1 Å². The van der Waals surface area contributed by atoms with Gasteiger partial charge in [0.05, 0.1) is 28.7 Å². The molecule has 0 amide bonds. The van der Waals surface area contributed by atoms with Crippen LogP contribution < -0.4 is 5.32 Å². The van der Waals surface area contributed by atoms with Gasteiger partial charge in [0.25, 0.3) is 0 Å². The Bertz CT molecular complexity index is 1220. The summed E-state index contributed by atoms with van der Waals surface area (Å²) in [6.07, 6.45) is 5.08. The van der Waals surface area contributed by atoms with Crippen molar-refractivity contribution in [3.8, 4) is 40.0 Å². The van der Waals surface area contributed by atoms with Crippen LogP contribution in [0.25, 0.3) is 33.9 Å². The van der Waals surface area contributed by atoms with E-state index >= 15 is 0 Å². The first-order valence-electron chi connectivity index (χ1n) is 8.63. The second-order valence-corrected chi connectivity index (χ2v) is 6.48. The van der Waals surface area contributed by atoms with Gasteiger partial charge in [-0.25, -0.2) is 14.4 Å². The number of imidazole rings is 1. The molecule has 134 valence electrons. The summed E-state index contributed by atoms with van der Waals surface area (Å²) in [5.41, 5.74) is 4.88. The van der Waals surface area contributed by atoms with Crippen molar-refractivity contribution in [3.63, 3.8) is 0 Å². The molecule has 0 spiro atoms. The van der Waals surface area contributed by atoms with Crippen LogP contribution in [-0.4, -0.2) is 19.9 Å². The minimum Gasteiger partial charge on any atom is -0.338 e. The van der Waals surface area contributed by atoms with E-state index in [0.717, 1.165) is 22.5 Å². The number of aromatic nitrogens is 4. The molecule has 5 rings (SSSR count). The summed E-state index contributed by atoms with van der Waals surface area (Å²) >= 11 is 0. The number of anilines is 2. The van der Waals surface area contributed by atoms with E-state index in [1.54, 1.807) is 31.6 Å². The van der Waals surface area contributed by atoms with Crippen LogP contribution >= 0.6 is 0 Å². The average molecular weight is 368 g/mol. The highest BCUT2D eigenvalue weighted by molar-refractivity contribution is 5.95. The zero-order valence-corrected chi connectivity index (χ0v) is 14.8. The second kappa shape index (κ2) is 5.99. The monoisotopic (exact) mass is 368 g/mol. The molecule has 0 aliphatic carbocycles. The van der Waals surface area contributed by atoms with Gasteiger partial charge in [0.2, 0.25) is 0 Å². The summed E-state index contributed by atoms with van der Waals surface area (Å²) < 4.78 is 14.7. The first kappa shape index (κ1) is 16.1. The second-order valence-electron chi connectivity index (χ2n) is 6.48. The van der Waals surface area contributed by atoms with Gasteiger partial charge in [-0.15, -0.1) is 0 Å². The number of benzene rings is 1. The Kier molecular flexibility index (Phi) is 3.46. The third-order valence-electron chi connectivity index (χ3n) is 4.82. The van der Waals surface area contributed by atoms with E-state index in [9.17, 15) is 9.65 Å². The average Bonchev–Trinajstić information content (AvgIpc) is 3.09. The molecule has 0 radical (unpaired) electrons. The van der Waals surface area contributed by atoms with Crippen molar-refractivity contribution in [2.24, 2.45) is 0 Å². The maximum absolute atomic E-state index is 14.7. The highest BCUT2D eigenvalue weighted by atomic mass is 19.1. The number of aromatic amines is 1. The van der Waals surface area contributed by atoms with Gasteiger partial charge in [-0.2, -0.15) is 5.26 Å². The fourth-order valence-electron chi connectivity index (χ4n) is 3.47. The lowest BCUT2D eigenvalue weighted by atomic mass is 10.0. The van der Waals surface area contributed by atoms with Gasteiger partial charge in [-0.3, -0.25) is 4.98 Å². The van der Waals surface area contributed by atoms with E-state index in [4.69, 9.17) is 0 Å². The predicted octanol–water partition coefficient (Wildman–Crippen LogP) is 4.58. The molecule has 0 unspecified atom stereocenters. The number of aryl methyl sites for hydroxylation is 1. The van der Waals surface area contributed by atoms with Crippen LogP contribution in [0.15, 0.2) is 48.9 Å². The van der Waals surface area contributed by atoms with Crippen molar-refractivity contribution in [1.29, 1.82) is 5.26 Å². The number of hydrogen-bond acceptors (Lipinski definition) is 5. The molecule has 1 aliphatic rings. The van der Waals surface area contributed by atoms with Crippen molar-refractivity contribution in [2.75, 3.05) is 5.32 Å². The topological polar surface area (TPSA) is 90.3 Å². The molecule has 0 saturated heterocycles. The molecule has 6 nitrogen and oxygen atoms in total. The number of hydrogen-bond donors (Lipinski definition) is 2. The first-order chi connectivity index (χ1) is 13.7. The Labute approximate surface area is 159 Å². The third kappa shape index (κ3) is 2.28. The van der Waals surface area contributed by atoms with Crippen LogP contribution in [-0.2, 0) is 0 Å². The van der Waals surface area contributed by atoms with Crippen LogP contribution in [0.3, 0.4) is 0 Å². The molecule has 4 aromatic rings. The number of H-pyrrole nitrogens is 1. The van der Waals surface area contributed by atoms with Crippen molar-refractivity contribution >= 4 is 11.5 Å². The summed E-state index contributed by atoms with van der Waals surface area (Å²) in [6, 6.07) is 10.6. The minimum absolute atomic E-state index is 0.171. The molecule has 4 heterocycles. The van der Waals surface area contributed by atoms with Crippen molar-refractivity contribution < 1.29 is 4.39 Å². The van der Waals surface area contributed by atoms with Gasteiger partial charge < -0.3 is 10.3 Å². The van der Waals surface area contributed by atoms with Crippen LogP contribution in [0.2, 0.25) is 0 Å². The van der Waals surface area contributed by atoms with Crippen LogP contribution in [0.1, 0.15) is 11.1 Å². The Morgan fingerprint density at radius 1 is 1.11 bits per heavy atom. The Hall–Kier alpha value is -4.05. The van der Waals surface area contributed by atoms with E-state index in [1.165, 1.54) is 6.07 Å². The van der Waals surface area contributed by atoms with E-state index in [2.05, 4.69) is 31.3 Å². The molecule has 7 heteroatoms. The first-order valence-corrected chi connectivity index (χ1v) is 8.63. The fourth-order valence-corrected chi connectivity index (χ4v) is 3.47. The standard InChI is InChI=1S/C21H13FN6/c1-11-4-5-15(22)17(14(11)9-23)21-27-18-12-6-8-24-10-16(12)26-20-13(19(18)28-21)3-2-7-25-20/h2-8,10H,1H3,(H,25,26)(H,27,28). The maximum Gasteiger partial charge on any atom is 0.142 e. The van der Waals surface area contributed by atoms with Gasteiger partial charge in [0.15, 0.2) is 0 Å². The normalized spacial score (nSPS) is 11.5. The van der Waals surface area contributed by atoms with Crippen LogP contribution in [0.4, 0.5) is 15.9 Å². The maximum atomic E-state index is 14.7. The van der Waals surface area contributed by atoms with Crippen molar-refractivity contribution in [3.05, 3.63) is 65.9 Å². The number of halogens is 1. The molecular formula is C21H13FN6. The lowest BCUT2D eigenvalue weighted by Gasteiger charge is -2.08. The number of rotatable bonds is 1. The summed E-state index contributed by atoms with van der Waals surface area (Å²) in [7, 11) is 0. The lowest BCUT2D eigenvalue weighted by Crippen LogP contribution is -1.97. The molecule has 3 aromatic heterocycles. The Balaban J connectivity index is 1.85. The number of nitrogens with zero attached hydrogens (tertiary/aromatic N) is 4. The minimum atomic E-state index is -0.495. The number of fused-ring (bicyclic) bond motifs is 5. The summed E-state index contributed by atoms with van der Waals surface area (Å²) in [6.45, 7) is 1.78. The summed E-state index contributed by atoms with van der Waals surface area (Å²) in [5, 5.41) is 12.8. The number of nitriles is 1. The predicted molar refractivity (Wildman–Crippen MR) is 103 cm³/mol. The SMILES string of the molecule is Cc1ccc(F)c(-c2nc3c([nH]2)-c2ccncc2Nc2ncccc2-3)c1C#N. The largest absolute Gasteiger partial charge is 0.338 e. The molecule has 2 N–H and O–H groups in total. The lowest BCUT2D eigenvalue weighted by molar-refractivity contribution is 0.629. The number of nitrogens with one attached hydrogen (secondary N) is 2. The zero-order chi connectivity index (χ0) is 19.3. The van der Waals surface area contributed by atoms with E-state index in [1.807, 2.05) is 18.2 Å². The zero-order valence-electron chi connectivity index (χ0n) is 14.8. The molecule has 0 fully saturated rings. The number of pyridine rings is 2. The van der Waals surface area contributed by atoms with Gasteiger partial charge >= 0.3 is 0 Å². The molecular weight excluding hydrogens is 355 g/mol. The Morgan fingerprint density at radius 3 is 2.86 bits per heavy atom. The Morgan fingerprint density at radius 2 is 2.00 bits per heavy atom. The molecule has 1 aromatic carbocycles. The summed E-state index contributed by atoms with van der Waals surface area (Å²) in [5.74, 6) is 0.450. The molecule has 0 bridgehead atoms. The van der Waals surface area contributed by atoms with Gasteiger partial charge in [0.1, 0.15) is 29.2 Å². The van der Waals surface area contributed by atoms with Crippen LogP contribution in [0.5, 0.6) is 0 Å². The highest BCUT2D eigenvalue weighted by Crippen LogP contribution is 2.43. The van der Waals surface area contributed by atoms with Gasteiger partial charge in [-0.1, -0.05) is 6.07 Å². The van der Waals surface area contributed by atoms with E-state index in [0.29, 0.717) is 22.9 Å².